The fourth-order valence-electron chi connectivity index (χ4n) is 2.59. The van der Waals surface area contributed by atoms with E-state index in [0.29, 0.717) is 5.57 Å². The number of hydrogen-bond donors (Lipinski definition) is 1. The molecule has 0 unspecified atom stereocenters. The Morgan fingerprint density at radius 1 is 1.13 bits per heavy atom. The highest BCUT2D eigenvalue weighted by molar-refractivity contribution is 6.34. The summed E-state index contributed by atoms with van der Waals surface area (Å²) in [6, 6.07) is 13.7. The van der Waals surface area contributed by atoms with Gasteiger partial charge in [0.1, 0.15) is 5.75 Å². The highest BCUT2D eigenvalue weighted by Gasteiger charge is 2.23. The van der Waals surface area contributed by atoms with Gasteiger partial charge in [0.15, 0.2) is 0 Å². The summed E-state index contributed by atoms with van der Waals surface area (Å²) in [5.74, 6) is 0.742. The Morgan fingerprint density at radius 2 is 1.87 bits per heavy atom. The molecule has 0 fully saturated rings. The van der Waals surface area contributed by atoms with Gasteiger partial charge in [-0.05, 0) is 41.8 Å². The number of hydrogen-bond acceptors (Lipinski definition) is 2. The van der Waals surface area contributed by atoms with Gasteiger partial charge in [-0.2, -0.15) is 0 Å². The molecule has 0 saturated carbocycles. The normalized spacial score (nSPS) is 13.9. The number of carbonyl (C=O) groups excluding carboxylic acids is 1. The fraction of sp³-hybridized carbons (Fsp3) is 0.250. The number of benzene rings is 2. The topological polar surface area (TPSA) is 38.3 Å². The molecule has 1 aliphatic heterocycles. The van der Waals surface area contributed by atoms with Gasteiger partial charge in [0.2, 0.25) is 0 Å². The van der Waals surface area contributed by atoms with Gasteiger partial charge in [-0.25, -0.2) is 0 Å². The first-order valence-electron chi connectivity index (χ1n) is 8.02. The lowest BCUT2D eigenvalue weighted by Crippen LogP contribution is -2.03. The summed E-state index contributed by atoms with van der Waals surface area (Å²) in [7, 11) is 1.65. The number of ether oxygens (including phenoxy) is 1. The molecule has 0 radical (unpaired) electrons. The van der Waals surface area contributed by atoms with Gasteiger partial charge in [-0.15, -0.1) is 0 Å². The van der Waals surface area contributed by atoms with Crippen molar-refractivity contribution in [2.75, 3.05) is 12.4 Å². The number of fused-ring (bicyclic) bond motifs is 1. The zero-order chi connectivity index (χ0) is 16.8. The van der Waals surface area contributed by atoms with Crippen LogP contribution in [0.4, 0.5) is 5.69 Å². The van der Waals surface area contributed by atoms with E-state index in [0.717, 1.165) is 29.0 Å². The van der Waals surface area contributed by atoms with Crippen molar-refractivity contribution >= 4 is 23.2 Å². The second-order valence-corrected chi connectivity index (χ2v) is 4.98. The third-order valence-corrected chi connectivity index (χ3v) is 3.74. The van der Waals surface area contributed by atoms with Crippen LogP contribution < -0.4 is 10.1 Å². The molecule has 2 aromatic rings. The molecule has 1 amide bonds. The van der Waals surface area contributed by atoms with Gasteiger partial charge in [-0.1, -0.05) is 45.0 Å². The number of nitrogens with one attached hydrogen (secondary N) is 1. The second-order valence-electron chi connectivity index (χ2n) is 4.98. The van der Waals surface area contributed by atoms with Crippen LogP contribution in [-0.2, 0) is 11.2 Å². The largest absolute Gasteiger partial charge is 0.497 e. The van der Waals surface area contributed by atoms with Crippen LogP contribution in [-0.4, -0.2) is 13.0 Å². The van der Waals surface area contributed by atoms with Crippen LogP contribution in [0.3, 0.4) is 0 Å². The van der Waals surface area contributed by atoms with E-state index in [1.54, 1.807) is 7.11 Å². The summed E-state index contributed by atoms with van der Waals surface area (Å²) in [6.45, 7) is 6.10. The molecule has 1 N–H and O–H groups in total. The van der Waals surface area contributed by atoms with Crippen LogP contribution in [0.1, 0.15) is 37.5 Å². The molecule has 2 aromatic carbocycles. The molecule has 0 saturated heterocycles. The number of para-hydroxylation sites is 1. The molecule has 0 bridgehead atoms. The van der Waals surface area contributed by atoms with Gasteiger partial charge in [0.05, 0.1) is 7.11 Å². The summed E-state index contributed by atoms with van der Waals surface area (Å²) in [6.07, 6.45) is 2.86. The molecule has 0 aromatic heterocycles. The van der Waals surface area contributed by atoms with Crippen LogP contribution in [0.5, 0.6) is 5.75 Å². The average molecular weight is 309 g/mol. The molecule has 1 heterocycles. The lowest BCUT2D eigenvalue weighted by Gasteiger charge is -2.07. The molecular formula is C20H23NO2. The van der Waals surface area contributed by atoms with E-state index in [1.165, 1.54) is 5.56 Å². The van der Waals surface area contributed by atoms with Gasteiger partial charge in [-0.3, -0.25) is 4.79 Å². The molecule has 3 heteroatoms. The Bertz CT molecular complexity index is 732. The lowest BCUT2D eigenvalue weighted by molar-refractivity contribution is -0.110. The molecule has 3 nitrogen and oxygen atoms in total. The number of amides is 1. The number of methoxy groups -OCH3 is 1. The first-order chi connectivity index (χ1) is 11.2. The van der Waals surface area contributed by atoms with E-state index in [2.05, 4.69) is 12.2 Å². The number of aryl methyl sites for hydroxylation is 1. The molecule has 1 aliphatic rings. The van der Waals surface area contributed by atoms with Crippen molar-refractivity contribution in [3.05, 3.63) is 59.2 Å². The third kappa shape index (κ3) is 3.45. The smallest absolute Gasteiger partial charge is 0.256 e. The van der Waals surface area contributed by atoms with Gasteiger partial charge < -0.3 is 10.1 Å². The highest BCUT2D eigenvalue weighted by atomic mass is 16.5. The minimum atomic E-state index is -0.0546. The molecule has 0 aliphatic carbocycles. The Kier molecular flexibility index (Phi) is 5.58. The predicted molar refractivity (Wildman–Crippen MR) is 96.7 cm³/mol. The molecule has 0 atom stereocenters. The van der Waals surface area contributed by atoms with Crippen molar-refractivity contribution < 1.29 is 9.53 Å². The summed E-state index contributed by atoms with van der Waals surface area (Å²) in [4.78, 5) is 12.2. The predicted octanol–water partition coefficient (Wildman–Crippen LogP) is 4.78. The Hall–Kier alpha value is -2.55. The van der Waals surface area contributed by atoms with Crippen LogP contribution in [0.25, 0.3) is 11.6 Å². The van der Waals surface area contributed by atoms with Crippen molar-refractivity contribution in [3.63, 3.8) is 0 Å². The van der Waals surface area contributed by atoms with Crippen molar-refractivity contribution in [1.29, 1.82) is 0 Å². The van der Waals surface area contributed by atoms with Crippen molar-refractivity contribution in [3.8, 4) is 5.75 Å². The Labute approximate surface area is 138 Å². The van der Waals surface area contributed by atoms with Crippen LogP contribution >= 0.6 is 0 Å². The lowest BCUT2D eigenvalue weighted by atomic mass is 9.99. The first-order valence-corrected chi connectivity index (χ1v) is 8.02. The van der Waals surface area contributed by atoms with E-state index in [9.17, 15) is 4.79 Å². The number of rotatable bonds is 3. The monoisotopic (exact) mass is 309 g/mol. The van der Waals surface area contributed by atoms with Crippen LogP contribution in [0.15, 0.2) is 42.5 Å². The maximum atomic E-state index is 12.2. The zero-order valence-corrected chi connectivity index (χ0v) is 14.1. The molecule has 3 rings (SSSR count). The van der Waals surface area contributed by atoms with Crippen LogP contribution in [0.2, 0.25) is 0 Å². The quantitative estimate of drug-likeness (QED) is 0.829. The van der Waals surface area contributed by atoms with Gasteiger partial charge in [0.25, 0.3) is 5.91 Å². The van der Waals surface area contributed by atoms with E-state index in [-0.39, 0.29) is 5.91 Å². The molecule has 23 heavy (non-hydrogen) atoms. The van der Waals surface area contributed by atoms with Crippen molar-refractivity contribution in [2.45, 2.75) is 27.2 Å². The Balaban J connectivity index is 0.000000924. The molecular weight excluding hydrogens is 286 g/mol. The first kappa shape index (κ1) is 16.8. The summed E-state index contributed by atoms with van der Waals surface area (Å²) in [5, 5.41) is 2.90. The maximum Gasteiger partial charge on any atom is 0.256 e. The summed E-state index contributed by atoms with van der Waals surface area (Å²) >= 11 is 0. The average Bonchev–Trinajstić information content (AvgIpc) is 2.92. The van der Waals surface area contributed by atoms with E-state index >= 15 is 0 Å². The second kappa shape index (κ2) is 7.63. The number of anilines is 1. The fourth-order valence-corrected chi connectivity index (χ4v) is 2.59. The van der Waals surface area contributed by atoms with Gasteiger partial charge >= 0.3 is 0 Å². The van der Waals surface area contributed by atoms with Gasteiger partial charge in [0, 0.05) is 16.8 Å². The third-order valence-electron chi connectivity index (χ3n) is 3.74. The minimum Gasteiger partial charge on any atom is -0.497 e. The minimum absolute atomic E-state index is 0.0546. The molecule has 0 spiro atoms. The SMILES string of the molecule is CC.CCc1ccc(OC)cc1/C=C1/C(=O)Nc2ccccc21. The van der Waals surface area contributed by atoms with E-state index < -0.39 is 0 Å². The van der Waals surface area contributed by atoms with Crippen molar-refractivity contribution in [1.82, 2.24) is 0 Å². The Morgan fingerprint density at radius 3 is 2.57 bits per heavy atom. The van der Waals surface area contributed by atoms with E-state index in [4.69, 9.17) is 4.74 Å². The zero-order valence-electron chi connectivity index (χ0n) is 14.1. The van der Waals surface area contributed by atoms with E-state index in [1.807, 2.05) is 62.4 Å². The van der Waals surface area contributed by atoms with Crippen LogP contribution in [0, 0.1) is 0 Å². The standard InChI is InChI=1S/C18H17NO2.C2H6/c1-3-12-8-9-14(21-2)10-13(12)11-16-15-6-4-5-7-17(15)19-18(16)20;1-2/h4-11H,3H2,1-2H3,(H,19,20);1-2H3/b16-11+;. The van der Waals surface area contributed by atoms with Crippen molar-refractivity contribution in [2.24, 2.45) is 0 Å². The molecule has 120 valence electrons. The maximum absolute atomic E-state index is 12.2. The number of carbonyl (C=O) groups is 1. The summed E-state index contributed by atoms with van der Waals surface area (Å²) in [5.41, 5.74) is 4.75. The summed E-state index contributed by atoms with van der Waals surface area (Å²) < 4.78 is 5.29. The highest BCUT2D eigenvalue weighted by Crippen LogP contribution is 2.33.